The molecule has 196 valence electrons. The number of imidazole rings is 1. The van der Waals surface area contributed by atoms with Gasteiger partial charge in [-0.15, -0.1) is 0 Å². The molecule has 0 saturated carbocycles. The SMILES string of the molecule is NCC(=CCN(Cc1nc2ccccc2[nH]1)C1CCCc2cccnc21)CNC(=O)c1c(Cl)cncc1Cl. The summed E-state index contributed by atoms with van der Waals surface area (Å²) in [4.78, 5) is 32.0. The Kier molecular flexibility index (Phi) is 8.34. The minimum Gasteiger partial charge on any atom is -0.348 e. The van der Waals surface area contributed by atoms with Gasteiger partial charge in [-0.3, -0.25) is 19.7 Å². The van der Waals surface area contributed by atoms with E-state index in [1.807, 2.05) is 36.5 Å². The lowest BCUT2D eigenvalue weighted by molar-refractivity contribution is 0.0957. The molecule has 0 aliphatic heterocycles. The average molecular weight is 550 g/mol. The molecule has 0 spiro atoms. The van der Waals surface area contributed by atoms with Crippen molar-refractivity contribution in [2.45, 2.75) is 31.8 Å². The first-order chi connectivity index (χ1) is 18.5. The number of hydrogen-bond acceptors (Lipinski definition) is 6. The molecule has 0 radical (unpaired) electrons. The van der Waals surface area contributed by atoms with E-state index in [1.54, 1.807) is 0 Å². The summed E-state index contributed by atoms with van der Waals surface area (Å²) < 4.78 is 0. The first-order valence-corrected chi connectivity index (χ1v) is 13.4. The molecule has 1 amide bonds. The van der Waals surface area contributed by atoms with Crippen LogP contribution in [0.25, 0.3) is 11.0 Å². The minimum absolute atomic E-state index is 0.146. The zero-order valence-corrected chi connectivity index (χ0v) is 22.3. The molecule has 4 aromatic rings. The maximum Gasteiger partial charge on any atom is 0.254 e. The summed E-state index contributed by atoms with van der Waals surface area (Å²) in [6.45, 7) is 1.83. The third kappa shape index (κ3) is 5.89. The normalized spacial score (nSPS) is 15.6. The van der Waals surface area contributed by atoms with Gasteiger partial charge >= 0.3 is 0 Å². The summed E-state index contributed by atoms with van der Waals surface area (Å²) in [6.07, 6.45) is 9.87. The van der Waals surface area contributed by atoms with E-state index in [-0.39, 0.29) is 34.1 Å². The van der Waals surface area contributed by atoms with Crippen LogP contribution in [0.1, 0.15) is 46.3 Å². The third-order valence-electron chi connectivity index (χ3n) is 6.83. The van der Waals surface area contributed by atoms with E-state index in [0.717, 1.165) is 47.4 Å². The van der Waals surface area contributed by atoms with Gasteiger partial charge in [0.15, 0.2) is 0 Å². The topological polar surface area (TPSA) is 113 Å². The van der Waals surface area contributed by atoms with Crippen LogP contribution >= 0.6 is 23.2 Å². The smallest absolute Gasteiger partial charge is 0.254 e. The maximum atomic E-state index is 12.7. The highest BCUT2D eigenvalue weighted by Gasteiger charge is 2.27. The number of halogens is 2. The molecular formula is C28H29Cl2N7O. The van der Waals surface area contributed by atoms with Gasteiger partial charge in [0.05, 0.1) is 44.9 Å². The summed E-state index contributed by atoms with van der Waals surface area (Å²) in [5.74, 6) is 0.526. The number of hydrogen-bond donors (Lipinski definition) is 3. The van der Waals surface area contributed by atoms with E-state index in [0.29, 0.717) is 19.6 Å². The summed E-state index contributed by atoms with van der Waals surface area (Å²) >= 11 is 12.3. The molecule has 4 N–H and O–H groups in total. The van der Waals surface area contributed by atoms with Gasteiger partial charge in [-0.1, -0.05) is 47.5 Å². The molecule has 0 bridgehead atoms. The molecule has 3 heterocycles. The Bertz CT molecular complexity index is 1420. The van der Waals surface area contributed by atoms with Crippen molar-refractivity contribution in [3.8, 4) is 0 Å². The summed E-state index contributed by atoms with van der Waals surface area (Å²) in [5.41, 5.74) is 11.5. The van der Waals surface area contributed by atoms with Gasteiger partial charge in [-0.25, -0.2) is 4.98 Å². The quantitative estimate of drug-likeness (QED) is 0.257. The lowest BCUT2D eigenvalue weighted by Gasteiger charge is -2.34. The fourth-order valence-electron chi connectivity index (χ4n) is 4.90. The van der Waals surface area contributed by atoms with Crippen LogP contribution in [0.5, 0.6) is 0 Å². The second-order valence-electron chi connectivity index (χ2n) is 9.31. The number of carbonyl (C=O) groups is 1. The number of aromatic amines is 1. The molecular weight excluding hydrogens is 521 g/mol. The molecule has 1 aliphatic rings. The van der Waals surface area contributed by atoms with Gasteiger partial charge in [0.1, 0.15) is 5.82 Å². The van der Waals surface area contributed by atoms with Crippen LogP contribution < -0.4 is 11.1 Å². The molecule has 1 unspecified atom stereocenters. The molecule has 1 atom stereocenters. The van der Waals surface area contributed by atoms with Gasteiger partial charge in [-0.05, 0) is 48.6 Å². The van der Waals surface area contributed by atoms with Crippen LogP contribution in [0.4, 0.5) is 0 Å². The highest BCUT2D eigenvalue weighted by Crippen LogP contribution is 2.33. The zero-order valence-electron chi connectivity index (χ0n) is 20.8. The van der Waals surface area contributed by atoms with E-state index in [2.05, 4.69) is 32.3 Å². The Morgan fingerprint density at radius 3 is 2.79 bits per heavy atom. The monoisotopic (exact) mass is 549 g/mol. The van der Waals surface area contributed by atoms with E-state index in [1.165, 1.54) is 18.0 Å². The van der Waals surface area contributed by atoms with Gasteiger partial charge in [-0.2, -0.15) is 0 Å². The molecule has 3 aromatic heterocycles. The van der Waals surface area contributed by atoms with Crippen LogP contribution in [-0.2, 0) is 13.0 Å². The predicted octanol–water partition coefficient (Wildman–Crippen LogP) is 4.85. The number of nitrogens with one attached hydrogen (secondary N) is 2. The number of pyridine rings is 2. The number of rotatable bonds is 9. The standard InChI is InChI=1S/C28H29Cl2N7O/c29-20-15-32-16-21(30)26(20)28(38)34-14-18(13-31)10-12-37(17-25-35-22-7-1-2-8-23(22)36-25)24-9-3-5-19-6-4-11-33-27(19)24/h1-2,4,6-8,10-11,15-16,24H,3,5,9,12-14,17,31H2,(H,34,38)(H,35,36). The number of nitrogens with zero attached hydrogens (tertiary/aromatic N) is 4. The Balaban J connectivity index is 1.36. The van der Waals surface area contributed by atoms with Crippen molar-refractivity contribution in [2.24, 2.45) is 5.73 Å². The number of aryl methyl sites for hydroxylation is 1. The van der Waals surface area contributed by atoms with Crippen molar-refractivity contribution in [2.75, 3.05) is 19.6 Å². The lowest BCUT2D eigenvalue weighted by Crippen LogP contribution is -2.33. The van der Waals surface area contributed by atoms with Crippen molar-refractivity contribution in [1.29, 1.82) is 0 Å². The molecule has 8 nitrogen and oxygen atoms in total. The second-order valence-corrected chi connectivity index (χ2v) is 10.1. The number of para-hydroxylation sites is 2. The third-order valence-corrected chi connectivity index (χ3v) is 7.40. The molecule has 0 fully saturated rings. The fraction of sp³-hybridized carbons (Fsp3) is 0.286. The van der Waals surface area contributed by atoms with E-state index >= 15 is 0 Å². The Morgan fingerprint density at radius 2 is 2.00 bits per heavy atom. The number of amides is 1. The van der Waals surface area contributed by atoms with E-state index in [9.17, 15) is 4.79 Å². The van der Waals surface area contributed by atoms with Gasteiger partial charge in [0.2, 0.25) is 0 Å². The van der Waals surface area contributed by atoms with Gasteiger partial charge < -0.3 is 16.0 Å². The fourth-order valence-corrected chi connectivity index (χ4v) is 5.44. The highest BCUT2D eigenvalue weighted by atomic mass is 35.5. The Morgan fingerprint density at radius 1 is 1.18 bits per heavy atom. The largest absolute Gasteiger partial charge is 0.348 e. The summed E-state index contributed by atoms with van der Waals surface area (Å²) in [7, 11) is 0. The predicted molar refractivity (Wildman–Crippen MR) is 150 cm³/mol. The lowest BCUT2D eigenvalue weighted by atomic mass is 9.90. The van der Waals surface area contributed by atoms with Crippen molar-refractivity contribution in [1.82, 2.24) is 30.2 Å². The molecule has 10 heteroatoms. The summed E-state index contributed by atoms with van der Waals surface area (Å²) in [5, 5.41) is 3.29. The Hall–Kier alpha value is -3.30. The van der Waals surface area contributed by atoms with Crippen LogP contribution in [0.15, 0.2) is 66.6 Å². The number of fused-ring (bicyclic) bond motifs is 2. The highest BCUT2D eigenvalue weighted by molar-refractivity contribution is 6.39. The Labute approximate surface area is 231 Å². The van der Waals surface area contributed by atoms with Crippen LogP contribution in [0.2, 0.25) is 10.0 Å². The molecule has 1 aliphatic carbocycles. The second kappa shape index (κ2) is 12.0. The van der Waals surface area contributed by atoms with Crippen molar-refractivity contribution >= 4 is 40.1 Å². The minimum atomic E-state index is -0.369. The first-order valence-electron chi connectivity index (χ1n) is 12.6. The number of H-pyrrole nitrogens is 1. The first kappa shape index (κ1) is 26.3. The van der Waals surface area contributed by atoms with E-state index in [4.69, 9.17) is 38.9 Å². The molecule has 0 saturated heterocycles. The van der Waals surface area contributed by atoms with Gasteiger partial charge in [0.25, 0.3) is 5.91 Å². The maximum absolute atomic E-state index is 12.7. The number of nitrogens with two attached hydrogens (primary N) is 1. The molecule has 38 heavy (non-hydrogen) atoms. The zero-order chi connectivity index (χ0) is 26.5. The van der Waals surface area contributed by atoms with Crippen LogP contribution in [-0.4, -0.2) is 50.4 Å². The number of aromatic nitrogens is 4. The van der Waals surface area contributed by atoms with Crippen molar-refractivity contribution in [3.05, 3.63) is 99.3 Å². The summed E-state index contributed by atoms with van der Waals surface area (Å²) in [6, 6.07) is 12.3. The average Bonchev–Trinajstić information content (AvgIpc) is 3.34. The molecule has 5 rings (SSSR count). The van der Waals surface area contributed by atoms with Crippen molar-refractivity contribution < 1.29 is 4.79 Å². The van der Waals surface area contributed by atoms with Gasteiger partial charge in [0, 0.05) is 38.2 Å². The van der Waals surface area contributed by atoms with Crippen LogP contribution in [0, 0.1) is 0 Å². The van der Waals surface area contributed by atoms with Crippen molar-refractivity contribution in [3.63, 3.8) is 0 Å². The van der Waals surface area contributed by atoms with E-state index < -0.39 is 0 Å². The number of carbonyl (C=O) groups excluding carboxylic acids is 1. The number of benzene rings is 1. The molecule has 1 aromatic carbocycles. The van der Waals surface area contributed by atoms with Crippen LogP contribution in [0.3, 0.4) is 0 Å².